The van der Waals surface area contributed by atoms with E-state index in [-0.39, 0.29) is 21.9 Å². The first-order chi connectivity index (χ1) is 17.4. The van der Waals surface area contributed by atoms with Crippen molar-refractivity contribution >= 4 is 52.4 Å². The molecule has 0 bridgehead atoms. The Morgan fingerprint density at radius 3 is 2.61 bits per heavy atom. The number of aryl methyl sites for hydroxylation is 1. The molecule has 0 unspecified atom stereocenters. The monoisotopic (exact) mass is 503 g/mol. The van der Waals surface area contributed by atoms with Crippen molar-refractivity contribution in [2.45, 2.75) is 13.8 Å². The van der Waals surface area contributed by atoms with Crippen molar-refractivity contribution in [3.8, 4) is 11.3 Å². The van der Waals surface area contributed by atoms with Crippen LogP contribution >= 0.6 is 11.6 Å². The molecule has 180 valence electrons. The lowest BCUT2D eigenvalue weighted by Gasteiger charge is -2.12. The van der Waals surface area contributed by atoms with Crippen LogP contribution in [0.15, 0.2) is 62.7 Å². The van der Waals surface area contributed by atoms with Gasteiger partial charge in [0.15, 0.2) is 11.6 Å². The zero-order valence-electron chi connectivity index (χ0n) is 19.0. The first kappa shape index (κ1) is 23.0. The standard InChI is InChI=1S/C24H18ClN7O4/c1-12-4-3-5-18(13(12)2)27-20-21(29-23-22(28-20)31-36-32-23)30-26-11-15-7-9-19(35-15)14-6-8-17(25)16(10-14)24(33)34/h3-11H,1-2H3,(H,33,34)(H,27,28,31)(H,29,30,32)/b26-11-. The van der Waals surface area contributed by atoms with Gasteiger partial charge in [-0.05, 0) is 71.7 Å². The van der Waals surface area contributed by atoms with Gasteiger partial charge in [-0.1, -0.05) is 23.7 Å². The Bertz CT molecular complexity index is 1630. The highest BCUT2D eigenvalue weighted by Gasteiger charge is 2.15. The summed E-state index contributed by atoms with van der Waals surface area (Å²) in [4.78, 5) is 20.2. The number of hydrazone groups is 1. The number of carboxylic acid groups (broad SMARTS) is 1. The second-order valence-corrected chi connectivity index (χ2v) is 8.18. The number of benzene rings is 2. The first-order valence-electron chi connectivity index (χ1n) is 10.6. The summed E-state index contributed by atoms with van der Waals surface area (Å²) in [5.41, 5.74) is 6.90. The number of aromatic carboxylic acids is 1. The summed E-state index contributed by atoms with van der Waals surface area (Å²) in [6.45, 7) is 4.02. The van der Waals surface area contributed by atoms with Crippen LogP contribution in [0.1, 0.15) is 27.2 Å². The number of carboxylic acids is 1. The quantitative estimate of drug-likeness (QED) is 0.193. The fourth-order valence-corrected chi connectivity index (χ4v) is 3.59. The number of halogens is 1. The van der Waals surface area contributed by atoms with Gasteiger partial charge in [0.2, 0.25) is 11.3 Å². The third-order valence-electron chi connectivity index (χ3n) is 5.44. The molecule has 0 aliphatic heterocycles. The minimum absolute atomic E-state index is 0.0114. The van der Waals surface area contributed by atoms with Crippen molar-refractivity contribution in [3.05, 3.63) is 76.0 Å². The lowest BCUT2D eigenvalue weighted by atomic mass is 10.1. The van der Waals surface area contributed by atoms with Crippen LogP contribution in [-0.2, 0) is 0 Å². The zero-order valence-corrected chi connectivity index (χ0v) is 19.7. The van der Waals surface area contributed by atoms with Gasteiger partial charge < -0.3 is 14.8 Å². The van der Waals surface area contributed by atoms with Crippen molar-refractivity contribution in [2.75, 3.05) is 10.7 Å². The van der Waals surface area contributed by atoms with Crippen LogP contribution in [0.4, 0.5) is 17.3 Å². The third-order valence-corrected chi connectivity index (χ3v) is 5.77. The molecule has 0 aliphatic carbocycles. The van der Waals surface area contributed by atoms with Gasteiger partial charge in [0.25, 0.3) is 0 Å². The molecule has 11 nitrogen and oxygen atoms in total. The van der Waals surface area contributed by atoms with Crippen molar-refractivity contribution in [3.63, 3.8) is 0 Å². The molecule has 0 aliphatic rings. The predicted octanol–water partition coefficient (Wildman–Crippen LogP) is 5.43. The molecule has 5 aromatic rings. The maximum Gasteiger partial charge on any atom is 0.337 e. The summed E-state index contributed by atoms with van der Waals surface area (Å²) < 4.78 is 10.5. The topological polar surface area (TPSA) is 152 Å². The number of furan rings is 1. The highest BCUT2D eigenvalue weighted by Crippen LogP contribution is 2.28. The fourth-order valence-electron chi connectivity index (χ4n) is 3.39. The second-order valence-electron chi connectivity index (χ2n) is 7.78. The van der Waals surface area contributed by atoms with Crippen LogP contribution in [-0.4, -0.2) is 37.6 Å². The zero-order chi connectivity index (χ0) is 25.2. The Morgan fingerprint density at radius 2 is 1.83 bits per heavy atom. The second kappa shape index (κ2) is 9.47. The molecule has 3 heterocycles. The number of rotatable bonds is 7. The molecule has 0 saturated carbocycles. The van der Waals surface area contributed by atoms with Crippen LogP contribution in [0.2, 0.25) is 5.02 Å². The molecule has 2 aromatic carbocycles. The van der Waals surface area contributed by atoms with Crippen molar-refractivity contribution in [1.82, 2.24) is 20.3 Å². The van der Waals surface area contributed by atoms with Gasteiger partial charge in [0.1, 0.15) is 11.5 Å². The highest BCUT2D eigenvalue weighted by molar-refractivity contribution is 6.33. The van der Waals surface area contributed by atoms with E-state index in [4.69, 9.17) is 20.6 Å². The first-order valence-corrected chi connectivity index (χ1v) is 11.0. The number of nitrogens with one attached hydrogen (secondary N) is 2. The molecular formula is C24H18ClN7O4. The molecule has 0 amide bonds. The summed E-state index contributed by atoms with van der Waals surface area (Å²) in [5.74, 6) is 0.441. The van der Waals surface area contributed by atoms with Crippen LogP contribution in [0.3, 0.4) is 0 Å². The normalized spacial score (nSPS) is 11.3. The minimum atomic E-state index is -1.12. The number of hydrogen-bond acceptors (Lipinski definition) is 10. The predicted molar refractivity (Wildman–Crippen MR) is 134 cm³/mol. The number of nitrogens with zero attached hydrogens (tertiary/aromatic N) is 5. The largest absolute Gasteiger partial charge is 0.478 e. The number of carbonyl (C=O) groups is 1. The summed E-state index contributed by atoms with van der Waals surface area (Å²) in [6.07, 6.45) is 1.45. The molecule has 0 fully saturated rings. The molecular weight excluding hydrogens is 486 g/mol. The van der Waals surface area contributed by atoms with Crippen molar-refractivity contribution < 1.29 is 18.9 Å². The number of aromatic nitrogens is 4. The van der Waals surface area contributed by atoms with Crippen molar-refractivity contribution in [2.24, 2.45) is 5.10 Å². The van der Waals surface area contributed by atoms with E-state index in [1.165, 1.54) is 18.3 Å². The van der Waals surface area contributed by atoms with E-state index >= 15 is 0 Å². The number of fused-ring (bicyclic) bond motifs is 1. The SMILES string of the molecule is Cc1cccc(Nc2nc3nonc3nc2N/N=C\c2ccc(-c3ccc(Cl)c(C(=O)O)c3)o2)c1C. The van der Waals surface area contributed by atoms with Gasteiger partial charge in [-0.2, -0.15) is 10.1 Å². The minimum Gasteiger partial charge on any atom is -0.478 e. The van der Waals surface area contributed by atoms with Gasteiger partial charge in [0, 0.05) is 11.3 Å². The van der Waals surface area contributed by atoms with Gasteiger partial charge in [-0.3, -0.25) is 5.43 Å². The third kappa shape index (κ3) is 4.59. The van der Waals surface area contributed by atoms with E-state index in [1.54, 1.807) is 18.2 Å². The molecule has 0 saturated heterocycles. The molecule has 5 rings (SSSR count). The Hall–Kier alpha value is -4.77. The van der Waals surface area contributed by atoms with Crippen LogP contribution in [0.25, 0.3) is 22.6 Å². The Balaban J connectivity index is 1.39. The highest BCUT2D eigenvalue weighted by atomic mass is 35.5. The summed E-state index contributed by atoms with van der Waals surface area (Å²) in [6, 6.07) is 13.9. The van der Waals surface area contributed by atoms with E-state index in [1.807, 2.05) is 32.0 Å². The lowest BCUT2D eigenvalue weighted by Crippen LogP contribution is -2.04. The summed E-state index contributed by atoms with van der Waals surface area (Å²) in [7, 11) is 0. The molecule has 0 spiro atoms. The van der Waals surface area contributed by atoms with E-state index in [0.29, 0.717) is 28.7 Å². The van der Waals surface area contributed by atoms with Gasteiger partial charge in [0.05, 0.1) is 16.8 Å². The van der Waals surface area contributed by atoms with Crippen LogP contribution in [0, 0.1) is 13.8 Å². The Kier molecular flexibility index (Phi) is 6.05. The maximum absolute atomic E-state index is 11.4. The van der Waals surface area contributed by atoms with Crippen molar-refractivity contribution in [1.29, 1.82) is 0 Å². The molecule has 0 radical (unpaired) electrons. The Labute approximate surface area is 208 Å². The molecule has 0 atom stereocenters. The Morgan fingerprint density at radius 1 is 1.06 bits per heavy atom. The number of hydrogen-bond donors (Lipinski definition) is 3. The average molecular weight is 504 g/mol. The average Bonchev–Trinajstić information content (AvgIpc) is 3.51. The van der Waals surface area contributed by atoms with E-state index in [9.17, 15) is 9.90 Å². The molecule has 3 N–H and O–H groups in total. The number of anilines is 3. The van der Waals surface area contributed by atoms with E-state index < -0.39 is 5.97 Å². The van der Waals surface area contributed by atoms with E-state index in [2.05, 4.69) is 36.1 Å². The van der Waals surface area contributed by atoms with E-state index in [0.717, 1.165) is 16.8 Å². The smallest absolute Gasteiger partial charge is 0.337 e. The lowest BCUT2D eigenvalue weighted by molar-refractivity contribution is 0.0697. The molecule has 12 heteroatoms. The molecule has 36 heavy (non-hydrogen) atoms. The van der Waals surface area contributed by atoms with Gasteiger partial charge >= 0.3 is 5.97 Å². The summed E-state index contributed by atoms with van der Waals surface area (Å²) >= 11 is 5.95. The van der Waals surface area contributed by atoms with Gasteiger partial charge in [-0.25, -0.2) is 14.4 Å². The van der Waals surface area contributed by atoms with Crippen LogP contribution < -0.4 is 10.7 Å². The summed E-state index contributed by atoms with van der Waals surface area (Å²) in [5, 5.41) is 24.4. The maximum atomic E-state index is 11.4. The van der Waals surface area contributed by atoms with Gasteiger partial charge in [-0.15, -0.1) is 0 Å². The van der Waals surface area contributed by atoms with Crippen LogP contribution in [0.5, 0.6) is 0 Å². The fraction of sp³-hybridized carbons (Fsp3) is 0.0833. The molecule has 3 aromatic heterocycles.